The third-order valence-electron chi connectivity index (χ3n) is 4.09. The zero-order chi connectivity index (χ0) is 15.3. The van der Waals surface area contributed by atoms with Gasteiger partial charge in [0, 0.05) is 23.2 Å². The summed E-state index contributed by atoms with van der Waals surface area (Å²) in [5.74, 6) is 0. The normalized spacial score (nSPS) is 12.3. The van der Waals surface area contributed by atoms with E-state index in [4.69, 9.17) is 4.42 Å². The van der Waals surface area contributed by atoms with Crippen molar-refractivity contribution in [1.82, 2.24) is 9.78 Å². The highest BCUT2D eigenvalue weighted by Crippen LogP contribution is 2.32. The van der Waals surface area contributed by atoms with Gasteiger partial charge in [0.2, 0.25) is 0 Å². The van der Waals surface area contributed by atoms with Crippen molar-refractivity contribution in [3.05, 3.63) is 54.9 Å². The third kappa shape index (κ3) is 1.99. The van der Waals surface area contributed by atoms with Gasteiger partial charge in [0.15, 0.2) is 5.58 Å². The lowest BCUT2D eigenvalue weighted by Gasteiger charge is -2.16. The van der Waals surface area contributed by atoms with Crippen LogP contribution in [-0.2, 0) is 0 Å². The van der Waals surface area contributed by atoms with Gasteiger partial charge < -0.3 is 4.42 Å². The van der Waals surface area contributed by atoms with Crippen molar-refractivity contribution in [2.75, 3.05) is 0 Å². The number of aromatic nitrogens is 2. The summed E-state index contributed by atoms with van der Waals surface area (Å²) in [7, 11) is -1.34. The summed E-state index contributed by atoms with van der Waals surface area (Å²) < 4.78 is 7.98. The molecule has 0 N–H and O–H groups in total. The molecule has 2 aromatic heterocycles. The van der Waals surface area contributed by atoms with Crippen molar-refractivity contribution in [1.29, 1.82) is 0 Å². The van der Waals surface area contributed by atoms with Crippen LogP contribution in [0.4, 0.5) is 0 Å². The van der Waals surface area contributed by atoms with Crippen molar-refractivity contribution >= 4 is 35.2 Å². The quantitative estimate of drug-likeness (QED) is 0.516. The molecular weight excluding hydrogens is 288 g/mol. The van der Waals surface area contributed by atoms with Gasteiger partial charge in [-0.05, 0) is 18.2 Å². The largest absolute Gasteiger partial charge is 0.454 e. The molecule has 22 heavy (non-hydrogen) atoms. The second-order valence-corrected chi connectivity index (χ2v) is 11.7. The van der Waals surface area contributed by atoms with Crippen LogP contribution in [0.3, 0.4) is 0 Å². The number of hydrogen-bond acceptors (Lipinski definition) is 2. The first-order valence-corrected chi connectivity index (χ1v) is 11.0. The van der Waals surface area contributed by atoms with Gasteiger partial charge >= 0.3 is 0 Å². The van der Waals surface area contributed by atoms with Crippen molar-refractivity contribution in [2.24, 2.45) is 0 Å². The summed E-state index contributed by atoms with van der Waals surface area (Å²) in [5, 5.41) is 8.13. The first kappa shape index (κ1) is 13.3. The standard InChI is InChI=1S/C18H18N2OSi/c1-22(2,3)13-8-9-17-15(12-13)14-6-4-7-16(18(14)21-17)20-11-5-10-19-20/h4-12H,1-3H3. The maximum absolute atomic E-state index is 6.13. The first-order valence-electron chi connectivity index (χ1n) is 7.50. The molecule has 3 nitrogen and oxygen atoms in total. The average molecular weight is 306 g/mol. The number of hydrogen-bond donors (Lipinski definition) is 0. The molecule has 0 radical (unpaired) electrons. The van der Waals surface area contributed by atoms with E-state index in [9.17, 15) is 0 Å². The van der Waals surface area contributed by atoms with E-state index in [0.717, 1.165) is 22.2 Å². The summed E-state index contributed by atoms with van der Waals surface area (Å²) >= 11 is 0. The van der Waals surface area contributed by atoms with Gasteiger partial charge in [0.05, 0.1) is 8.07 Å². The van der Waals surface area contributed by atoms with E-state index in [1.807, 2.05) is 23.0 Å². The number of benzene rings is 2. The van der Waals surface area contributed by atoms with Gasteiger partial charge in [-0.3, -0.25) is 0 Å². The Hall–Kier alpha value is -2.33. The number of rotatable bonds is 2. The number of nitrogens with zero attached hydrogens (tertiary/aromatic N) is 2. The predicted molar refractivity (Wildman–Crippen MR) is 93.8 cm³/mol. The van der Waals surface area contributed by atoms with Crippen LogP contribution in [0.5, 0.6) is 0 Å². The molecule has 0 spiro atoms. The highest BCUT2D eigenvalue weighted by molar-refractivity contribution is 6.88. The zero-order valence-corrected chi connectivity index (χ0v) is 14.0. The van der Waals surface area contributed by atoms with E-state index < -0.39 is 8.07 Å². The minimum Gasteiger partial charge on any atom is -0.454 e. The van der Waals surface area contributed by atoms with Crippen LogP contribution in [0.1, 0.15) is 0 Å². The molecule has 0 amide bonds. The molecule has 0 atom stereocenters. The van der Waals surface area contributed by atoms with Crippen LogP contribution >= 0.6 is 0 Å². The monoisotopic (exact) mass is 306 g/mol. The van der Waals surface area contributed by atoms with Gasteiger partial charge in [0.1, 0.15) is 11.3 Å². The Morgan fingerprint density at radius 1 is 1.00 bits per heavy atom. The van der Waals surface area contributed by atoms with Crippen molar-refractivity contribution < 1.29 is 4.42 Å². The summed E-state index contributed by atoms with van der Waals surface area (Å²) in [6.45, 7) is 7.10. The number of furan rings is 1. The maximum atomic E-state index is 6.13. The van der Waals surface area contributed by atoms with Crippen LogP contribution < -0.4 is 5.19 Å². The minimum absolute atomic E-state index is 0.897. The Bertz CT molecular complexity index is 962. The molecule has 4 aromatic rings. The van der Waals surface area contributed by atoms with Crippen LogP contribution in [0.25, 0.3) is 27.6 Å². The molecule has 2 heterocycles. The Balaban J connectivity index is 2.05. The predicted octanol–water partition coefficient (Wildman–Crippen LogP) is 4.32. The molecule has 4 rings (SSSR count). The fraction of sp³-hybridized carbons (Fsp3) is 0.167. The van der Waals surface area contributed by atoms with Gasteiger partial charge in [-0.1, -0.05) is 49.1 Å². The van der Waals surface area contributed by atoms with E-state index >= 15 is 0 Å². The van der Waals surface area contributed by atoms with E-state index in [1.54, 1.807) is 6.20 Å². The molecule has 0 aliphatic heterocycles. The minimum atomic E-state index is -1.34. The van der Waals surface area contributed by atoms with Gasteiger partial charge in [0.25, 0.3) is 0 Å². The lowest BCUT2D eigenvalue weighted by molar-refractivity contribution is 0.662. The second-order valence-electron chi connectivity index (χ2n) is 6.67. The van der Waals surface area contributed by atoms with Gasteiger partial charge in [-0.25, -0.2) is 4.68 Å². The molecule has 0 aliphatic rings. The Labute approximate surface area is 130 Å². The summed E-state index contributed by atoms with van der Waals surface area (Å²) in [6.07, 6.45) is 3.72. The highest BCUT2D eigenvalue weighted by Gasteiger charge is 2.19. The maximum Gasteiger partial charge on any atom is 0.161 e. The molecule has 110 valence electrons. The topological polar surface area (TPSA) is 31.0 Å². The average Bonchev–Trinajstić information content (AvgIpc) is 3.12. The molecule has 2 aromatic carbocycles. The van der Waals surface area contributed by atoms with E-state index in [0.29, 0.717) is 0 Å². The number of fused-ring (bicyclic) bond motifs is 3. The van der Waals surface area contributed by atoms with Crippen molar-refractivity contribution in [3.63, 3.8) is 0 Å². The fourth-order valence-corrected chi connectivity index (χ4v) is 4.00. The lowest BCUT2D eigenvalue weighted by Crippen LogP contribution is -2.37. The molecule has 0 aliphatic carbocycles. The Kier molecular flexibility index (Phi) is 2.78. The van der Waals surface area contributed by atoms with Crippen LogP contribution in [-0.4, -0.2) is 17.9 Å². The zero-order valence-electron chi connectivity index (χ0n) is 13.0. The molecule has 0 unspecified atom stereocenters. The third-order valence-corrected chi connectivity index (χ3v) is 6.14. The fourth-order valence-electron chi connectivity index (χ4n) is 2.84. The number of para-hydroxylation sites is 1. The van der Waals surface area contributed by atoms with E-state index in [-0.39, 0.29) is 0 Å². The van der Waals surface area contributed by atoms with Gasteiger partial charge in [-0.15, -0.1) is 0 Å². The Morgan fingerprint density at radius 3 is 2.59 bits per heavy atom. The SMILES string of the molecule is C[Si](C)(C)c1ccc2oc3c(-n4cccn4)cccc3c2c1. The second kappa shape index (κ2) is 4.58. The molecule has 0 saturated heterocycles. The van der Waals surface area contributed by atoms with Crippen molar-refractivity contribution in [2.45, 2.75) is 19.6 Å². The molecular formula is C18H18N2OSi. The molecule has 0 bridgehead atoms. The lowest BCUT2D eigenvalue weighted by atomic mass is 10.1. The first-order chi connectivity index (χ1) is 10.5. The summed E-state index contributed by atoms with van der Waals surface area (Å²) in [6, 6.07) is 14.8. The van der Waals surface area contributed by atoms with Gasteiger partial charge in [-0.2, -0.15) is 5.10 Å². The highest BCUT2D eigenvalue weighted by atomic mass is 28.3. The molecule has 4 heteroatoms. The van der Waals surface area contributed by atoms with Crippen LogP contribution in [0.15, 0.2) is 59.3 Å². The van der Waals surface area contributed by atoms with Crippen LogP contribution in [0.2, 0.25) is 19.6 Å². The van der Waals surface area contributed by atoms with Crippen molar-refractivity contribution in [3.8, 4) is 5.69 Å². The Morgan fingerprint density at radius 2 is 1.86 bits per heavy atom. The molecule has 0 saturated carbocycles. The molecule has 0 fully saturated rings. The van der Waals surface area contributed by atoms with E-state index in [2.05, 4.69) is 55.1 Å². The smallest absolute Gasteiger partial charge is 0.161 e. The van der Waals surface area contributed by atoms with E-state index in [1.165, 1.54) is 10.6 Å². The van der Waals surface area contributed by atoms with Crippen LogP contribution in [0, 0.1) is 0 Å². The summed E-state index contributed by atoms with van der Waals surface area (Å²) in [4.78, 5) is 0. The summed E-state index contributed by atoms with van der Waals surface area (Å²) in [5.41, 5.74) is 2.82.